The minimum atomic E-state index is 0.668. The lowest BCUT2D eigenvalue weighted by molar-refractivity contribution is 0.154. The molecule has 0 aliphatic rings. The molecule has 1 aromatic carbocycles. The van der Waals surface area contributed by atoms with E-state index < -0.39 is 0 Å². The molecule has 0 unspecified atom stereocenters. The molecule has 0 aliphatic heterocycles. The Hall–Kier alpha value is -0.580. The van der Waals surface area contributed by atoms with Crippen molar-refractivity contribution in [2.24, 2.45) is 5.92 Å². The van der Waals surface area contributed by atoms with E-state index in [1.165, 1.54) is 11.3 Å². The zero-order valence-electron chi connectivity index (χ0n) is 13.1. The first kappa shape index (κ1) is 17.5. The molecule has 3 nitrogen and oxygen atoms in total. The molecule has 0 saturated carbocycles. The Kier molecular flexibility index (Phi) is 8.19. The number of halogens is 1. The highest BCUT2D eigenvalue weighted by Gasteiger charge is 2.08. The smallest absolute Gasteiger partial charge is 0.0641 e. The van der Waals surface area contributed by atoms with Crippen LogP contribution in [-0.2, 0) is 11.3 Å². The fourth-order valence-corrected chi connectivity index (χ4v) is 2.44. The van der Waals surface area contributed by atoms with Crippen molar-refractivity contribution in [2.75, 3.05) is 38.3 Å². The van der Waals surface area contributed by atoms with Crippen molar-refractivity contribution in [2.45, 2.75) is 27.3 Å². The van der Waals surface area contributed by atoms with E-state index in [1.54, 1.807) is 0 Å². The molecule has 0 fully saturated rings. The summed E-state index contributed by atoms with van der Waals surface area (Å²) in [5.74, 6) is 0.668. The minimum Gasteiger partial charge on any atom is -0.380 e. The van der Waals surface area contributed by atoms with E-state index >= 15 is 0 Å². The summed E-state index contributed by atoms with van der Waals surface area (Å²) in [5.41, 5.74) is 2.59. The number of likely N-dealkylation sites (N-methyl/N-ethyl adjacent to an activating group) is 1. The average molecular weight is 343 g/mol. The van der Waals surface area contributed by atoms with Crippen LogP contribution in [0, 0.1) is 5.92 Å². The summed E-state index contributed by atoms with van der Waals surface area (Å²) in [6.07, 6.45) is 0. The highest BCUT2D eigenvalue weighted by molar-refractivity contribution is 9.10. The largest absolute Gasteiger partial charge is 0.380 e. The minimum absolute atomic E-state index is 0.668. The van der Waals surface area contributed by atoms with E-state index in [-0.39, 0.29) is 0 Å². The number of anilines is 1. The number of benzene rings is 1. The predicted octanol–water partition coefficient (Wildman–Crippen LogP) is 3.67. The molecule has 0 atom stereocenters. The van der Waals surface area contributed by atoms with Crippen LogP contribution in [0.25, 0.3) is 0 Å². The Balaban J connectivity index is 2.68. The molecule has 1 rings (SSSR count). The van der Waals surface area contributed by atoms with Crippen molar-refractivity contribution in [3.63, 3.8) is 0 Å². The molecule has 0 radical (unpaired) electrons. The summed E-state index contributed by atoms with van der Waals surface area (Å²) in [6, 6.07) is 6.46. The van der Waals surface area contributed by atoms with Gasteiger partial charge in [0.15, 0.2) is 0 Å². The van der Waals surface area contributed by atoms with Gasteiger partial charge in [0.05, 0.1) is 6.61 Å². The summed E-state index contributed by atoms with van der Waals surface area (Å²) in [5, 5.41) is 3.51. The lowest BCUT2D eigenvalue weighted by atomic mass is 10.1. The van der Waals surface area contributed by atoms with Gasteiger partial charge in [-0.2, -0.15) is 0 Å². The molecule has 0 bridgehead atoms. The monoisotopic (exact) mass is 342 g/mol. The molecule has 1 aromatic rings. The van der Waals surface area contributed by atoms with Gasteiger partial charge in [0, 0.05) is 36.9 Å². The first-order chi connectivity index (χ1) is 9.54. The predicted molar refractivity (Wildman–Crippen MR) is 90.4 cm³/mol. The molecule has 114 valence electrons. The molecule has 0 aliphatic carbocycles. The summed E-state index contributed by atoms with van der Waals surface area (Å²) in [4.78, 5) is 2.26. The van der Waals surface area contributed by atoms with Gasteiger partial charge in [0.25, 0.3) is 0 Å². The molecule has 20 heavy (non-hydrogen) atoms. The van der Waals surface area contributed by atoms with Gasteiger partial charge < -0.3 is 15.0 Å². The molecule has 0 heterocycles. The van der Waals surface area contributed by atoms with Crippen molar-refractivity contribution in [1.29, 1.82) is 0 Å². The molecule has 0 amide bonds. The molecule has 0 saturated heterocycles. The topological polar surface area (TPSA) is 24.5 Å². The Morgan fingerprint density at radius 2 is 2.10 bits per heavy atom. The van der Waals surface area contributed by atoms with Gasteiger partial charge in [-0.25, -0.2) is 0 Å². The number of hydrogen-bond donors (Lipinski definition) is 1. The third-order valence-electron chi connectivity index (χ3n) is 3.10. The van der Waals surface area contributed by atoms with Crippen LogP contribution in [0.2, 0.25) is 0 Å². The lowest BCUT2D eigenvalue weighted by Gasteiger charge is -2.23. The van der Waals surface area contributed by atoms with Gasteiger partial charge in [0.1, 0.15) is 0 Å². The van der Waals surface area contributed by atoms with Crippen molar-refractivity contribution < 1.29 is 4.74 Å². The highest BCUT2D eigenvalue weighted by Crippen LogP contribution is 2.23. The number of hydrogen-bond acceptors (Lipinski definition) is 3. The van der Waals surface area contributed by atoms with Crippen LogP contribution in [0.1, 0.15) is 26.3 Å². The van der Waals surface area contributed by atoms with Crippen LogP contribution in [0.5, 0.6) is 0 Å². The standard InChI is InChI=1S/C16H27BrN2O/c1-5-20-9-8-19(4)16-7-6-15(17)10-14(16)12-18-11-13(2)3/h6-7,10,13,18H,5,8-9,11-12H2,1-4H3. The maximum Gasteiger partial charge on any atom is 0.0641 e. The highest BCUT2D eigenvalue weighted by atomic mass is 79.9. The van der Waals surface area contributed by atoms with Gasteiger partial charge in [-0.1, -0.05) is 29.8 Å². The SMILES string of the molecule is CCOCCN(C)c1ccc(Br)cc1CNCC(C)C. The third-order valence-corrected chi connectivity index (χ3v) is 3.59. The van der Waals surface area contributed by atoms with Crippen LogP contribution < -0.4 is 10.2 Å². The van der Waals surface area contributed by atoms with Crippen molar-refractivity contribution in [1.82, 2.24) is 5.32 Å². The Bertz CT molecular complexity index is 396. The molecule has 1 N–H and O–H groups in total. The van der Waals surface area contributed by atoms with Gasteiger partial charge in [0.2, 0.25) is 0 Å². The Labute approximate surface area is 131 Å². The average Bonchev–Trinajstić information content (AvgIpc) is 2.38. The fraction of sp³-hybridized carbons (Fsp3) is 0.625. The summed E-state index contributed by atoms with van der Waals surface area (Å²) in [7, 11) is 2.12. The van der Waals surface area contributed by atoms with E-state index in [0.29, 0.717) is 5.92 Å². The van der Waals surface area contributed by atoms with Crippen molar-refractivity contribution in [3.8, 4) is 0 Å². The number of ether oxygens (including phenoxy) is 1. The molecule has 4 heteroatoms. The quantitative estimate of drug-likeness (QED) is 0.693. The fourth-order valence-electron chi connectivity index (χ4n) is 2.03. The third kappa shape index (κ3) is 6.25. The Morgan fingerprint density at radius 1 is 1.35 bits per heavy atom. The molecular weight excluding hydrogens is 316 g/mol. The van der Waals surface area contributed by atoms with Crippen molar-refractivity contribution in [3.05, 3.63) is 28.2 Å². The maximum atomic E-state index is 5.44. The second-order valence-electron chi connectivity index (χ2n) is 5.42. The second kappa shape index (κ2) is 9.37. The summed E-state index contributed by atoms with van der Waals surface area (Å²) < 4.78 is 6.56. The second-order valence-corrected chi connectivity index (χ2v) is 6.33. The zero-order valence-corrected chi connectivity index (χ0v) is 14.7. The van der Waals surface area contributed by atoms with Gasteiger partial charge in [-0.05, 0) is 43.1 Å². The number of nitrogens with zero attached hydrogens (tertiary/aromatic N) is 1. The number of nitrogens with one attached hydrogen (secondary N) is 1. The van der Waals surface area contributed by atoms with Gasteiger partial charge in [-0.3, -0.25) is 0 Å². The van der Waals surface area contributed by atoms with Crippen molar-refractivity contribution >= 4 is 21.6 Å². The van der Waals surface area contributed by atoms with Gasteiger partial charge in [-0.15, -0.1) is 0 Å². The molecule has 0 aromatic heterocycles. The van der Waals surface area contributed by atoms with E-state index in [0.717, 1.165) is 37.3 Å². The molecular formula is C16H27BrN2O. The normalized spacial score (nSPS) is 11.1. The van der Waals surface area contributed by atoms with Crippen LogP contribution in [-0.4, -0.2) is 33.4 Å². The zero-order chi connectivity index (χ0) is 15.0. The van der Waals surface area contributed by atoms with Gasteiger partial charge >= 0.3 is 0 Å². The first-order valence-corrected chi connectivity index (χ1v) is 8.12. The van der Waals surface area contributed by atoms with E-state index in [1.807, 2.05) is 6.92 Å². The Morgan fingerprint density at radius 3 is 2.75 bits per heavy atom. The van der Waals surface area contributed by atoms with Crippen LogP contribution in [0.3, 0.4) is 0 Å². The van der Waals surface area contributed by atoms with Crippen LogP contribution >= 0.6 is 15.9 Å². The first-order valence-electron chi connectivity index (χ1n) is 7.32. The summed E-state index contributed by atoms with van der Waals surface area (Å²) >= 11 is 3.56. The van der Waals surface area contributed by atoms with E-state index in [9.17, 15) is 0 Å². The van der Waals surface area contributed by atoms with Crippen LogP contribution in [0.4, 0.5) is 5.69 Å². The van der Waals surface area contributed by atoms with E-state index in [4.69, 9.17) is 4.74 Å². The summed E-state index contributed by atoms with van der Waals surface area (Å²) in [6.45, 7) is 10.9. The maximum absolute atomic E-state index is 5.44. The van der Waals surface area contributed by atoms with Crippen LogP contribution in [0.15, 0.2) is 22.7 Å². The molecule has 0 spiro atoms. The number of rotatable bonds is 9. The van der Waals surface area contributed by atoms with E-state index in [2.05, 4.69) is 65.2 Å². The lowest BCUT2D eigenvalue weighted by Crippen LogP contribution is -2.26.